The highest BCUT2D eigenvalue weighted by molar-refractivity contribution is 5.22. The van der Waals surface area contributed by atoms with E-state index >= 15 is 0 Å². The van der Waals surface area contributed by atoms with Gasteiger partial charge in [0.2, 0.25) is 0 Å². The standard InChI is InChI=1S/C15H22FNO/c16-13-6-5-7-15(12-13)18-11-4-2-1-3-10-17-14-8-9-14/h5-7,12,14,17H,1-4,8-11H2. The molecule has 1 aliphatic carbocycles. The molecule has 1 aliphatic rings. The molecule has 0 heterocycles. The van der Waals surface area contributed by atoms with Gasteiger partial charge in [-0.3, -0.25) is 0 Å². The normalized spacial score (nSPS) is 14.7. The summed E-state index contributed by atoms with van der Waals surface area (Å²) in [5, 5.41) is 3.51. The van der Waals surface area contributed by atoms with Gasteiger partial charge in [0, 0.05) is 12.1 Å². The zero-order chi connectivity index (χ0) is 12.6. The average molecular weight is 251 g/mol. The molecule has 2 rings (SSSR count). The van der Waals surface area contributed by atoms with Crippen LogP contribution in [0.1, 0.15) is 38.5 Å². The van der Waals surface area contributed by atoms with Crippen LogP contribution in [0.4, 0.5) is 4.39 Å². The van der Waals surface area contributed by atoms with E-state index in [-0.39, 0.29) is 5.82 Å². The molecule has 0 bridgehead atoms. The second-order valence-electron chi connectivity index (χ2n) is 4.95. The number of halogens is 1. The van der Waals surface area contributed by atoms with Gasteiger partial charge in [0.15, 0.2) is 0 Å². The number of hydrogen-bond acceptors (Lipinski definition) is 2. The molecule has 0 unspecified atom stereocenters. The first-order valence-electron chi connectivity index (χ1n) is 6.96. The first kappa shape index (κ1) is 13.3. The number of nitrogens with one attached hydrogen (secondary N) is 1. The summed E-state index contributed by atoms with van der Waals surface area (Å²) in [5.74, 6) is 0.393. The van der Waals surface area contributed by atoms with E-state index in [2.05, 4.69) is 5.32 Å². The van der Waals surface area contributed by atoms with Gasteiger partial charge in [-0.1, -0.05) is 18.9 Å². The van der Waals surface area contributed by atoms with Crippen LogP contribution in [-0.4, -0.2) is 19.2 Å². The molecule has 100 valence electrons. The van der Waals surface area contributed by atoms with E-state index in [1.165, 1.54) is 44.2 Å². The van der Waals surface area contributed by atoms with E-state index in [0.717, 1.165) is 19.0 Å². The maximum Gasteiger partial charge on any atom is 0.126 e. The fourth-order valence-electron chi connectivity index (χ4n) is 1.92. The smallest absolute Gasteiger partial charge is 0.126 e. The molecule has 1 N–H and O–H groups in total. The number of hydrogen-bond donors (Lipinski definition) is 1. The van der Waals surface area contributed by atoms with E-state index in [4.69, 9.17) is 4.74 Å². The van der Waals surface area contributed by atoms with Gasteiger partial charge in [-0.05, 0) is 44.4 Å². The lowest BCUT2D eigenvalue weighted by Crippen LogP contribution is -2.17. The molecule has 0 spiro atoms. The second-order valence-corrected chi connectivity index (χ2v) is 4.95. The van der Waals surface area contributed by atoms with Crippen molar-refractivity contribution in [3.63, 3.8) is 0 Å². The summed E-state index contributed by atoms with van der Waals surface area (Å²) in [6.07, 6.45) is 7.44. The lowest BCUT2D eigenvalue weighted by molar-refractivity contribution is 0.303. The number of ether oxygens (including phenoxy) is 1. The largest absolute Gasteiger partial charge is 0.493 e. The molecule has 1 aromatic carbocycles. The summed E-state index contributed by atoms with van der Waals surface area (Å²) >= 11 is 0. The van der Waals surface area contributed by atoms with Crippen molar-refractivity contribution in [2.45, 2.75) is 44.6 Å². The highest BCUT2D eigenvalue weighted by Gasteiger charge is 2.19. The third kappa shape index (κ3) is 5.50. The summed E-state index contributed by atoms with van der Waals surface area (Å²) in [6, 6.07) is 7.15. The minimum atomic E-state index is -0.237. The van der Waals surface area contributed by atoms with Crippen LogP contribution in [0.25, 0.3) is 0 Å². The monoisotopic (exact) mass is 251 g/mol. The fourth-order valence-corrected chi connectivity index (χ4v) is 1.92. The SMILES string of the molecule is Fc1cccc(OCCCCCCNC2CC2)c1. The molecule has 1 fully saturated rings. The fraction of sp³-hybridized carbons (Fsp3) is 0.600. The van der Waals surface area contributed by atoms with Crippen LogP contribution in [0.2, 0.25) is 0 Å². The highest BCUT2D eigenvalue weighted by atomic mass is 19.1. The maximum atomic E-state index is 12.9. The van der Waals surface area contributed by atoms with Crippen LogP contribution in [0, 0.1) is 5.82 Å². The molecule has 18 heavy (non-hydrogen) atoms. The van der Waals surface area contributed by atoms with E-state index in [9.17, 15) is 4.39 Å². The maximum absolute atomic E-state index is 12.9. The molecule has 0 aliphatic heterocycles. The summed E-state index contributed by atoms with van der Waals surface area (Å²) in [5.41, 5.74) is 0. The Labute approximate surface area is 109 Å². The topological polar surface area (TPSA) is 21.3 Å². The van der Waals surface area contributed by atoms with Gasteiger partial charge in [-0.15, -0.1) is 0 Å². The van der Waals surface area contributed by atoms with E-state index in [1.807, 2.05) is 0 Å². The Morgan fingerprint density at radius 2 is 2.00 bits per heavy atom. The predicted molar refractivity (Wildman–Crippen MR) is 71.4 cm³/mol. The Morgan fingerprint density at radius 3 is 2.78 bits per heavy atom. The molecule has 0 radical (unpaired) electrons. The molecule has 0 saturated heterocycles. The molecule has 0 aromatic heterocycles. The van der Waals surface area contributed by atoms with Crippen LogP contribution in [0.5, 0.6) is 5.75 Å². The molecule has 1 aromatic rings. The van der Waals surface area contributed by atoms with Gasteiger partial charge in [0.25, 0.3) is 0 Å². The third-order valence-corrected chi connectivity index (χ3v) is 3.15. The molecule has 3 heteroatoms. The zero-order valence-electron chi connectivity index (χ0n) is 10.8. The Hall–Kier alpha value is -1.09. The summed E-state index contributed by atoms with van der Waals surface area (Å²) in [6.45, 7) is 1.83. The Bertz CT molecular complexity index is 352. The van der Waals surface area contributed by atoms with Gasteiger partial charge in [0.1, 0.15) is 11.6 Å². The van der Waals surface area contributed by atoms with E-state index in [1.54, 1.807) is 12.1 Å². The number of rotatable bonds is 9. The van der Waals surface area contributed by atoms with E-state index < -0.39 is 0 Å². The molecule has 1 saturated carbocycles. The van der Waals surface area contributed by atoms with Crippen LogP contribution >= 0.6 is 0 Å². The van der Waals surface area contributed by atoms with Crippen molar-refractivity contribution in [2.24, 2.45) is 0 Å². The Balaban J connectivity index is 1.43. The highest BCUT2D eigenvalue weighted by Crippen LogP contribution is 2.18. The molecule has 0 amide bonds. The van der Waals surface area contributed by atoms with Gasteiger partial charge < -0.3 is 10.1 Å². The van der Waals surface area contributed by atoms with Gasteiger partial charge in [0.05, 0.1) is 6.61 Å². The lowest BCUT2D eigenvalue weighted by Gasteiger charge is -2.06. The zero-order valence-corrected chi connectivity index (χ0v) is 10.8. The summed E-state index contributed by atoms with van der Waals surface area (Å²) < 4.78 is 18.4. The minimum absolute atomic E-state index is 0.237. The Morgan fingerprint density at radius 1 is 1.17 bits per heavy atom. The quantitative estimate of drug-likeness (QED) is 0.678. The molecular formula is C15H22FNO. The van der Waals surface area contributed by atoms with Crippen molar-refractivity contribution in [1.29, 1.82) is 0 Å². The minimum Gasteiger partial charge on any atom is -0.493 e. The summed E-state index contributed by atoms with van der Waals surface area (Å²) in [7, 11) is 0. The van der Waals surface area contributed by atoms with Gasteiger partial charge in [-0.2, -0.15) is 0 Å². The molecular weight excluding hydrogens is 229 g/mol. The molecule has 2 nitrogen and oxygen atoms in total. The Kier molecular flexibility index (Phi) is 5.46. The van der Waals surface area contributed by atoms with Crippen LogP contribution in [-0.2, 0) is 0 Å². The first-order chi connectivity index (χ1) is 8.84. The van der Waals surface area contributed by atoms with Crippen LogP contribution in [0.3, 0.4) is 0 Å². The molecule has 0 atom stereocenters. The average Bonchev–Trinajstić information content (AvgIpc) is 3.17. The van der Waals surface area contributed by atoms with Gasteiger partial charge >= 0.3 is 0 Å². The lowest BCUT2D eigenvalue weighted by atomic mass is 10.2. The predicted octanol–water partition coefficient (Wildman–Crippen LogP) is 3.52. The number of unbranched alkanes of at least 4 members (excludes halogenated alkanes) is 3. The van der Waals surface area contributed by atoms with E-state index in [0.29, 0.717) is 12.4 Å². The van der Waals surface area contributed by atoms with Crippen molar-refractivity contribution in [2.75, 3.05) is 13.2 Å². The van der Waals surface area contributed by atoms with Crippen LogP contribution < -0.4 is 10.1 Å². The van der Waals surface area contributed by atoms with Crippen molar-refractivity contribution >= 4 is 0 Å². The van der Waals surface area contributed by atoms with Gasteiger partial charge in [-0.25, -0.2) is 4.39 Å². The second kappa shape index (κ2) is 7.37. The van der Waals surface area contributed by atoms with Crippen LogP contribution in [0.15, 0.2) is 24.3 Å². The van der Waals surface area contributed by atoms with Crippen molar-refractivity contribution < 1.29 is 9.13 Å². The summed E-state index contributed by atoms with van der Waals surface area (Å²) in [4.78, 5) is 0. The van der Waals surface area contributed by atoms with Crippen molar-refractivity contribution in [3.05, 3.63) is 30.1 Å². The number of benzene rings is 1. The third-order valence-electron chi connectivity index (χ3n) is 3.15. The van der Waals surface area contributed by atoms with Crippen molar-refractivity contribution in [1.82, 2.24) is 5.32 Å². The van der Waals surface area contributed by atoms with Crippen molar-refractivity contribution in [3.8, 4) is 5.75 Å². The first-order valence-corrected chi connectivity index (χ1v) is 6.96.